The predicted molar refractivity (Wildman–Crippen MR) is 150 cm³/mol. The highest BCUT2D eigenvalue weighted by molar-refractivity contribution is 7.80. The van der Waals surface area contributed by atoms with E-state index in [0.717, 1.165) is 16.7 Å². The lowest BCUT2D eigenvalue weighted by Gasteiger charge is -2.22. The van der Waals surface area contributed by atoms with Gasteiger partial charge in [-0.05, 0) is 42.9 Å². The Morgan fingerprint density at radius 3 is 1.46 bits per heavy atom. The van der Waals surface area contributed by atoms with E-state index in [0.29, 0.717) is 37.2 Å². The van der Waals surface area contributed by atoms with Gasteiger partial charge < -0.3 is 16.0 Å². The van der Waals surface area contributed by atoms with Gasteiger partial charge in [-0.15, -0.1) is 0 Å². The molecular weight excluding hydrogens is 482 g/mol. The standard InChI is InChI=1S/C30H33N3O3S/c1-22(37)26(21-25-15-9-4-10-16-25)28(34)33-27(29(35)31-19-17-23-11-5-2-6-12-23)30(36)32-20-18-24-13-7-3-8-14-24/h2-16,26-27H,17-21H2,1H3,(H,31,35)(H,32,36)(H,33,34). The molecule has 0 aromatic heterocycles. The van der Waals surface area contributed by atoms with Gasteiger partial charge in [0.15, 0.2) is 6.04 Å². The van der Waals surface area contributed by atoms with Crippen LogP contribution in [0.3, 0.4) is 0 Å². The minimum atomic E-state index is -1.37. The molecule has 3 aromatic rings. The Morgan fingerprint density at radius 1 is 0.649 bits per heavy atom. The van der Waals surface area contributed by atoms with Crippen LogP contribution in [0.5, 0.6) is 0 Å². The average Bonchev–Trinajstić information content (AvgIpc) is 2.91. The Hall–Kier alpha value is -3.84. The topological polar surface area (TPSA) is 87.3 Å². The smallest absolute Gasteiger partial charge is 0.252 e. The summed E-state index contributed by atoms with van der Waals surface area (Å²) in [5.74, 6) is -2.20. The van der Waals surface area contributed by atoms with E-state index in [4.69, 9.17) is 12.2 Å². The Kier molecular flexibility index (Phi) is 11.0. The summed E-state index contributed by atoms with van der Waals surface area (Å²) in [6, 6.07) is 27.6. The van der Waals surface area contributed by atoms with Gasteiger partial charge in [0.25, 0.3) is 11.8 Å². The van der Waals surface area contributed by atoms with Gasteiger partial charge in [-0.1, -0.05) is 103 Å². The Bertz CT molecular complexity index is 1110. The number of thiocarbonyl (C=S) groups is 1. The van der Waals surface area contributed by atoms with Gasteiger partial charge in [-0.25, -0.2) is 0 Å². The van der Waals surface area contributed by atoms with Gasteiger partial charge in [0.1, 0.15) is 0 Å². The molecule has 0 aliphatic rings. The molecule has 0 heterocycles. The van der Waals surface area contributed by atoms with E-state index in [2.05, 4.69) is 16.0 Å². The first-order chi connectivity index (χ1) is 17.9. The van der Waals surface area contributed by atoms with Crippen LogP contribution >= 0.6 is 12.2 Å². The first-order valence-corrected chi connectivity index (χ1v) is 12.8. The predicted octanol–water partition coefficient (Wildman–Crippen LogP) is 3.44. The monoisotopic (exact) mass is 515 g/mol. The molecular formula is C30H33N3O3S. The zero-order chi connectivity index (χ0) is 26.5. The van der Waals surface area contributed by atoms with E-state index >= 15 is 0 Å². The molecule has 3 rings (SSSR count). The third kappa shape index (κ3) is 9.28. The molecule has 7 heteroatoms. The Labute approximate surface area is 223 Å². The van der Waals surface area contributed by atoms with Gasteiger partial charge in [0.2, 0.25) is 5.91 Å². The molecule has 0 aliphatic heterocycles. The second-order valence-electron chi connectivity index (χ2n) is 8.85. The van der Waals surface area contributed by atoms with Gasteiger partial charge in [0, 0.05) is 18.0 Å². The maximum absolute atomic E-state index is 13.2. The number of hydrogen-bond acceptors (Lipinski definition) is 4. The largest absolute Gasteiger partial charge is 0.354 e. The van der Waals surface area contributed by atoms with Crippen LogP contribution in [-0.2, 0) is 33.6 Å². The minimum absolute atomic E-state index is 0.339. The molecule has 0 saturated heterocycles. The van der Waals surface area contributed by atoms with E-state index in [1.54, 1.807) is 6.92 Å². The second-order valence-corrected chi connectivity index (χ2v) is 9.49. The van der Waals surface area contributed by atoms with Crippen molar-refractivity contribution in [3.63, 3.8) is 0 Å². The number of hydrogen-bond donors (Lipinski definition) is 3. The molecule has 0 fully saturated rings. The highest BCUT2D eigenvalue weighted by Crippen LogP contribution is 2.12. The molecule has 0 bridgehead atoms. The van der Waals surface area contributed by atoms with Crippen LogP contribution in [0.2, 0.25) is 0 Å². The molecule has 0 saturated carbocycles. The summed E-state index contributed by atoms with van der Waals surface area (Å²) in [5.41, 5.74) is 3.08. The highest BCUT2D eigenvalue weighted by atomic mass is 32.1. The van der Waals surface area contributed by atoms with Crippen molar-refractivity contribution >= 4 is 34.8 Å². The lowest BCUT2D eigenvalue weighted by atomic mass is 9.95. The SMILES string of the molecule is CC(=S)C(Cc1ccccc1)C(=O)NC(C(=O)NCCc1ccccc1)C(=O)NCCc1ccccc1. The average molecular weight is 516 g/mol. The second kappa shape index (κ2) is 14.7. The third-order valence-corrected chi connectivity index (χ3v) is 6.30. The number of rotatable bonds is 13. The molecule has 0 radical (unpaired) electrons. The molecule has 3 aromatic carbocycles. The zero-order valence-corrected chi connectivity index (χ0v) is 21.8. The molecule has 6 nitrogen and oxygen atoms in total. The molecule has 192 valence electrons. The van der Waals surface area contributed by atoms with E-state index in [-0.39, 0.29) is 0 Å². The number of amides is 3. The van der Waals surface area contributed by atoms with Crippen molar-refractivity contribution in [2.75, 3.05) is 13.1 Å². The molecule has 0 spiro atoms. The number of carbonyl (C=O) groups is 3. The number of nitrogens with one attached hydrogen (secondary N) is 3. The summed E-state index contributed by atoms with van der Waals surface area (Å²) in [4.78, 5) is 39.9. The molecule has 1 unspecified atom stereocenters. The first-order valence-electron chi connectivity index (χ1n) is 12.4. The molecule has 0 aliphatic carbocycles. The minimum Gasteiger partial charge on any atom is -0.354 e. The summed E-state index contributed by atoms with van der Waals surface area (Å²) in [6.45, 7) is 2.38. The maximum Gasteiger partial charge on any atom is 0.252 e. The lowest BCUT2D eigenvalue weighted by molar-refractivity contribution is -0.137. The van der Waals surface area contributed by atoms with E-state index in [1.165, 1.54) is 0 Å². The van der Waals surface area contributed by atoms with Crippen molar-refractivity contribution in [2.24, 2.45) is 5.92 Å². The van der Waals surface area contributed by atoms with Crippen LogP contribution in [0, 0.1) is 5.92 Å². The summed E-state index contributed by atoms with van der Waals surface area (Å²) >= 11 is 5.36. The summed E-state index contributed by atoms with van der Waals surface area (Å²) < 4.78 is 0. The maximum atomic E-state index is 13.2. The quantitative estimate of drug-likeness (QED) is 0.240. The normalized spacial score (nSPS) is 11.4. The number of carbonyl (C=O) groups excluding carboxylic acids is 3. The van der Waals surface area contributed by atoms with Gasteiger partial charge in [0.05, 0.1) is 5.92 Å². The Balaban J connectivity index is 1.66. The fourth-order valence-electron chi connectivity index (χ4n) is 3.92. The number of benzene rings is 3. The van der Waals surface area contributed by atoms with Crippen LogP contribution < -0.4 is 16.0 Å². The fourth-order valence-corrected chi connectivity index (χ4v) is 4.11. The fraction of sp³-hybridized carbons (Fsp3) is 0.267. The van der Waals surface area contributed by atoms with Gasteiger partial charge in [-0.2, -0.15) is 0 Å². The first kappa shape index (κ1) is 27.7. The van der Waals surface area contributed by atoms with Crippen LogP contribution in [0.15, 0.2) is 91.0 Å². The van der Waals surface area contributed by atoms with E-state index in [1.807, 2.05) is 91.0 Å². The van der Waals surface area contributed by atoms with Crippen molar-refractivity contribution in [1.29, 1.82) is 0 Å². The lowest BCUT2D eigenvalue weighted by Crippen LogP contribution is -2.57. The molecule has 37 heavy (non-hydrogen) atoms. The van der Waals surface area contributed by atoms with Crippen molar-refractivity contribution in [2.45, 2.75) is 32.2 Å². The van der Waals surface area contributed by atoms with Crippen molar-refractivity contribution < 1.29 is 14.4 Å². The third-order valence-electron chi connectivity index (χ3n) is 6.01. The zero-order valence-electron chi connectivity index (χ0n) is 21.0. The van der Waals surface area contributed by atoms with Gasteiger partial charge in [-0.3, -0.25) is 14.4 Å². The summed E-state index contributed by atoms with van der Waals surface area (Å²) in [7, 11) is 0. The van der Waals surface area contributed by atoms with E-state index < -0.39 is 29.7 Å². The molecule has 3 N–H and O–H groups in total. The molecule has 3 amide bonds. The van der Waals surface area contributed by atoms with Crippen LogP contribution in [0.25, 0.3) is 0 Å². The van der Waals surface area contributed by atoms with Crippen LogP contribution in [0.1, 0.15) is 23.6 Å². The highest BCUT2D eigenvalue weighted by Gasteiger charge is 2.31. The Morgan fingerprint density at radius 2 is 1.05 bits per heavy atom. The van der Waals surface area contributed by atoms with E-state index in [9.17, 15) is 14.4 Å². The van der Waals surface area contributed by atoms with Crippen LogP contribution in [-0.4, -0.2) is 41.7 Å². The summed E-state index contributed by atoms with van der Waals surface area (Å²) in [6.07, 6.45) is 1.61. The van der Waals surface area contributed by atoms with Gasteiger partial charge >= 0.3 is 0 Å². The van der Waals surface area contributed by atoms with Crippen molar-refractivity contribution in [3.05, 3.63) is 108 Å². The summed E-state index contributed by atoms with van der Waals surface area (Å²) in [5, 5.41) is 8.26. The van der Waals surface area contributed by atoms with Crippen molar-refractivity contribution in [3.8, 4) is 0 Å². The molecule has 1 atom stereocenters. The van der Waals surface area contributed by atoms with Crippen LogP contribution in [0.4, 0.5) is 0 Å². The van der Waals surface area contributed by atoms with Crippen molar-refractivity contribution in [1.82, 2.24) is 16.0 Å².